The molecule has 0 saturated carbocycles. The number of aryl methyl sites for hydroxylation is 1. The first-order valence-corrected chi connectivity index (χ1v) is 6.77. The van der Waals surface area contributed by atoms with Crippen LogP contribution in [0.3, 0.4) is 0 Å². The van der Waals surface area contributed by atoms with Crippen LogP contribution in [0.2, 0.25) is 5.02 Å². The Morgan fingerprint density at radius 1 is 1.24 bits per heavy atom. The first kappa shape index (κ1) is 13.5. The van der Waals surface area contributed by atoms with Gasteiger partial charge in [-0.2, -0.15) is 0 Å². The molecule has 0 atom stereocenters. The fraction of sp³-hybridized carbons (Fsp3) is 0.0667. The van der Waals surface area contributed by atoms with Crippen molar-refractivity contribution in [2.45, 2.75) is 6.92 Å². The summed E-state index contributed by atoms with van der Waals surface area (Å²) in [5.74, 6) is 0. The summed E-state index contributed by atoms with van der Waals surface area (Å²) in [5.41, 5.74) is 5.95. The highest BCUT2D eigenvalue weighted by Crippen LogP contribution is 2.20. The summed E-state index contributed by atoms with van der Waals surface area (Å²) < 4.78 is 1.57. The van der Waals surface area contributed by atoms with Crippen molar-refractivity contribution < 1.29 is 4.79 Å². The van der Waals surface area contributed by atoms with Gasteiger partial charge in [0.25, 0.3) is 0 Å². The molecule has 0 fully saturated rings. The number of nitrogens with one attached hydrogen (secondary N) is 2. The van der Waals surface area contributed by atoms with Crippen molar-refractivity contribution in [1.29, 1.82) is 0 Å². The number of fused-ring (bicyclic) bond motifs is 1. The van der Waals surface area contributed by atoms with Gasteiger partial charge in [-0.15, -0.1) is 0 Å². The van der Waals surface area contributed by atoms with Crippen molar-refractivity contribution in [1.82, 2.24) is 9.66 Å². The second-order valence-corrected chi connectivity index (χ2v) is 5.04. The first-order chi connectivity index (χ1) is 10.1. The van der Waals surface area contributed by atoms with Gasteiger partial charge in [-0.05, 0) is 36.8 Å². The van der Waals surface area contributed by atoms with Gasteiger partial charge in [0.15, 0.2) is 0 Å². The molecule has 21 heavy (non-hydrogen) atoms. The SMILES string of the molecule is Cc1ccc(NC(=O)Nn2cnc3ccccc32)cc1Cl. The quantitative estimate of drug-likeness (QED) is 0.757. The Kier molecular flexibility index (Phi) is 3.50. The summed E-state index contributed by atoms with van der Waals surface area (Å²) >= 11 is 6.03. The minimum Gasteiger partial charge on any atom is -0.307 e. The molecule has 0 aliphatic carbocycles. The summed E-state index contributed by atoms with van der Waals surface area (Å²) in [7, 11) is 0. The predicted molar refractivity (Wildman–Crippen MR) is 84.3 cm³/mol. The highest BCUT2D eigenvalue weighted by molar-refractivity contribution is 6.31. The van der Waals surface area contributed by atoms with Gasteiger partial charge < -0.3 is 5.32 Å². The minimum absolute atomic E-state index is 0.363. The second-order valence-electron chi connectivity index (χ2n) is 4.63. The van der Waals surface area contributed by atoms with E-state index in [0.29, 0.717) is 10.7 Å². The van der Waals surface area contributed by atoms with Crippen molar-refractivity contribution in [3.63, 3.8) is 0 Å². The van der Waals surface area contributed by atoms with E-state index in [1.54, 1.807) is 23.1 Å². The fourth-order valence-electron chi connectivity index (χ4n) is 1.99. The Balaban J connectivity index is 1.75. The van der Waals surface area contributed by atoms with Crippen LogP contribution in [-0.4, -0.2) is 15.7 Å². The number of urea groups is 1. The molecule has 1 heterocycles. The summed E-state index contributed by atoms with van der Waals surface area (Å²) in [6, 6.07) is 12.5. The normalized spacial score (nSPS) is 10.6. The average molecular weight is 301 g/mol. The van der Waals surface area contributed by atoms with Gasteiger partial charge in [0.2, 0.25) is 0 Å². The van der Waals surface area contributed by atoms with Crippen LogP contribution in [0.25, 0.3) is 11.0 Å². The van der Waals surface area contributed by atoms with E-state index in [1.165, 1.54) is 0 Å². The first-order valence-electron chi connectivity index (χ1n) is 6.40. The number of benzene rings is 2. The Bertz CT molecular complexity index is 812. The summed E-state index contributed by atoms with van der Waals surface area (Å²) in [5, 5.41) is 3.34. The van der Waals surface area contributed by atoms with E-state index in [1.807, 2.05) is 37.3 Å². The molecule has 0 spiro atoms. The lowest BCUT2D eigenvalue weighted by Crippen LogP contribution is -2.27. The van der Waals surface area contributed by atoms with Crippen LogP contribution >= 0.6 is 11.6 Å². The molecular weight excluding hydrogens is 288 g/mol. The molecule has 2 amide bonds. The summed E-state index contributed by atoms with van der Waals surface area (Å²) in [6.45, 7) is 1.91. The molecule has 106 valence electrons. The van der Waals surface area contributed by atoms with Crippen LogP contribution in [0.4, 0.5) is 10.5 Å². The molecule has 2 N–H and O–H groups in total. The zero-order chi connectivity index (χ0) is 14.8. The van der Waals surface area contributed by atoms with E-state index in [9.17, 15) is 4.79 Å². The number of hydrogen-bond donors (Lipinski definition) is 2. The van der Waals surface area contributed by atoms with Gasteiger partial charge in [-0.3, -0.25) is 0 Å². The molecule has 5 nitrogen and oxygen atoms in total. The maximum atomic E-state index is 12.0. The van der Waals surface area contributed by atoms with Crippen molar-refractivity contribution in [2.24, 2.45) is 0 Å². The lowest BCUT2D eigenvalue weighted by molar-refractivity contribution is 0.260. The van der Waals surface area contributed by atoms with E-state index >= 15 is 0 Å². The van der Waals surface area contributed by atoms with Gasteiger partial charge in [0.1, 0.15) is 6.33 Å². The van der Waals surface area contributed by atoms with Gasteiger partial charge in [0.05, 0.1) is 11.0 Å². The van der Waals surface area contributed by atoms with E-state index < -0.39 is 0 Å². The Hall–Kier alpha value is -2.53. The van der Waals surface area contributed by atoms with Crippen molar-refractivity contribution in [2.75, 3.05) is 10.7 Å². The topological polar surface area (TPSA) is 59.0 Å². The molecule has 0 saturated heterocycles. The number of para-hydroxylation sites is 2. The van der Waals surface area contributed by atoms with Gasteiger partial charge >= 0.3 is 6.03 Å². The molecule has 2 aromatic carbocycles. The van der Waals surface area contributed by atoms with Crippen molar-refractivity contribution >= 4 is 34.4 Å². The molecule has 3 aromatic rings. The maximum absolute atomic E-state index is 12.0. The van der Waals surface area contributed by atoms with Crippen molar-refractivity contribution in [3.05, 3.63) is 59.4 Å². The molecule has 0 radical (unpaired) electrons. The molecule has 0 aliphatic heterocycles. The number of hydrogen-bond acceptors (Lipinski definition) is 2. The number of carbonyl (C=O) groups is 1. The van der Waals surface area contributed by atoms with Gasteiger partial charge in [0, 0.05) is 10.7 Å². The molecule has 6 heteroatoms. The van der Waals surface area contributed by atoms with Gasteiger partial charge in [-0.1, -0.05) is 29.8 Å². The van der Waals surface area contributed by atoms with E-state index in [4.69, 9.17) is 11.6 Å². The van der Waals surface area contributed by atoms with Crippen LogP contribution in [0, 0.1) is 6.92 Å². The number of nitrogens with zero attached hydrogens (tertiary/aromatic N) is 2. The van der Waals surface area contributed by atoms with Crippen LogP contribution in [0.5, 0.6) is 0 Å². The Morgan fingerprint density at radius 3 is 2.86 bits per heavy atom. The van der Waals surface area contributed by atoms with E-state index in [2.05, 4.69) is 15.7 Å². The lowest BCUT2D eigenvalue weighted by Gasteiger charge is -2.09. The monoisotopic (exact) mass is 300 g/mol. The minimum atomic E-state index is -0.363. The van der Waals surface area contributed by atoms with Gasteiger partial charge in [-0.25, -0.2) is 19.9 Å². The van der Waals surface area contributed by atoms with E-state index in [-0.39, 0.29) is 6.03 Å². The molecule has 3 rings (SSSR count). The number of carbonyl (C=O) groups excluding carboxylic acids is 1. The van der Waals surface area contributed by atoms with Crippen molar-refractivity contribution in [3.8, 4) is 0 Å². The Labute approximate surface area is 126 Å². The van der Waals surface area contributed by atoms with Crippen LogP contribution in [0.1, 0.15) is 5.56 Å². The highest BCUT2D eigenvalue weighted by atomic mass is 35.5. The smallest absolute Gasteiger partial charge is 0.307 e. The third-order valence-corrected chi connectivity index (χ3v) is 3.51. The zero-order valence-corrected chi connectivity index (χ0v) is 12.1. The largest absolute Gasteiger partial charge is 0.338 e. The average Bonchev–Trinajstić information content (AvgIpc) is 2.86. The van der Waals surface area contributed by atoms with Crippen LogP contribution in [0.15, 0.2) is 48.8 Å². The highest BCUT2D eigenvalue weighted by Gasteiger charge is 2.06. The third-order valence-electron chi connectivity index (χ3n) is 3.11. The number of rotatable bonds is 2. The predicted octanol–water partition coefficient (Wildman–Crippen LogP) is 3.77. The van der Waals surface area contributed by atoms with Crippen LogP contribution < -0.4 is 10.7 Å². The second kappa shape index (κ2) is 5.46. The molecule has 0 unspecified atom stereocenters. The standard InChI is InChI=1S/C15H13ClN4O/c1-10-6-7-11(8-12(10)16)18-15(21)19-20-9-17-13-4-2-3-5-14(13)20/h2-9H,1H3,(H2,18,19,21). The van der Waals surface area contributed by atoms with E-state index in [0.717, 1.165) is 16.6 Å². The molecule has 1 aromatic heterocycles. The van der Waals surface area contributed by atoms with Crippen LogP contribution in [-0.2, 0) is 0 Å². The maximum Gasteiger partial charge on any atom is 0.338 e. The lowest BCUT2D eigenvalue weighted by atomic mass is 10.2. The molecular formula is C15H13ClN4O. The number of amides is 2. The molecule has 0 bridgehead atoms. The molecule has 0 aliphatic rings. The number of aromatic nitrogens is 2. The Morgan fingerprint density at radius 2 is 2.05 bits per heavy atom. The number of imidazole rings is 1. The zero-order valence-electron chi connectivity index (χ0n) is 11.3. The summed E-state index contributed by atoms with van der Waals surface area (Å²) in [4.78, 5) is 16.2. The fourth-order valence-corrected chi connectivity index (χ4v) is 2.17. The number of anilines is 1. The summed E-state index contributed by atoms with van der Waals surface area (Å²) in [6.07, 6.45) is 1.56. The number of halogens is 1. The third kappa shape index (κ3) is 2.83.